The summed E-state index contributed by atoms with van der Waals surface area (Å²) in [7, 11) is 0. The topological polar surface area (TPSA) is 51.0 Å². The van der Waals surface area contributed by atoms with Crippen molar-refractivity contribution in [2.45, 2.75) is 13.5 Å². The second-order valence-electron chi connectivity index (χ2n) is 4.53. The maximum absolute atomic E-state index is 5.49. The zero-order chi connectivity index (χ0) is 13.8. The molecule has 0 saturated heterocycles. The quantitative estimate of drug-likeness (QED) is 0.782. The average molecular weight is 265 g/mol. The van der Waals surface area contributed by atoms with Crippen molar-refractivity contribution in [3.8, 4) is 11.5 Å². The Labute approximate surface area is 117 Å². The van der Waals surface area contributed by atoms with Crippen molar-refractivity contribution in [2.75, 3.05) is 5.32 Å². The van der Waals surface area contributed by atoms with E-state index in [1.807, 2.05) is 55.5 Å². The molecule has 2 aromatic heterocycles. The van der Waals surface area contributed by atoms with E-state index in [4.69, 9.17) is 4.42 Å². The first-order valence-corrected chi connectivity index (χ1v) is 6.48. The number of rotatable bonds is 4. The molecule has 20 heavy (non-hydrogen) atoms. The summed E-state index contributed by atoms with van der Waals surface area (Å²) in [5.41, 5.74) is 2.82. The maximum Gasteiger partial charge on any atom is 0.226 e. The standard InChI is InChI=1S/C16H15N3O/c1-12-6-5-9-15(18-12)17-10-14-11-20-16(19-14)13-7-3-2-4-8-13/h2-9,11H,10H2,1H3,(H,17,18). The fraction of sp³-hybridized carbons (Fsp3) is 0.125. The Bertz CT molecular complexity index is 692. The normalized spacial score (nSPS) is 10.4. The Morgan fingerprint density at radius 1 is 1.00 bits per heavy atom. The molecule has 4 heteroatoms. The van der Waals surface area contributed by atoms with Crippen LogP contribution in [0.1, 0.15) is 11.4 Å². The van der Waals surface area contributed by atoms with E-state index < -0.39 is 0 Å². The van der Waals surface area contributed by atoms with Gasteiger partial charge in [0.15, 0.2) is 0 Å². The lowest BCUT2D eigenvalue weighted by Crippen LogP contribution is -2.01. The van der Waals surface area contributed by atoms with Crippen LogP contribution in [-0.2, 0) is 6.54 Å². The number of aryl methyl sites for hydroxylation is 1. The average Bonchev–Trinajstić information content (AvgIpc) is 2.95. The Balaban J connectivity index is 1.69. The third-order valence-electron chi connectivity index (χ3n) is 2.91. The Morgan fingerprint density at radius 3 is 2.65 bits per heavy atom. The van der Waals surface area contributed by atoms with Crippen LogP contribution < -0.4 is 5.32 Å². The summed E-state index contributed by atoms with van der Waals surface area (Å²) in [6, 6.07) is 15.7. The Hall–Kier alpha value is -2.62. The molecule has 0 spiro atoms. The molecule has 0 fully saturated rings. The third-order valence-corrected chi connectivity index (χ3v) is 2.91. The van der Waals surface area contributed by atoms with Crippen LogP contribution in [-0.4, -0.2) is 9.97 Å². The Kier molecular flexibility index (Phi) is 3.46. The second kappa shape index (κ2) is 5.57. The molecule has 1 aromatic carbocycles. The summed E-state index contributed by atoms with van der Waals surface area (Å²) in [5.74, 6) is 1.48. The van der Waals surface area contributed by atoms with Crippen molar-refractivity contribution in [3.05, 3.63) is 66.2 Å². The molecular formula is C16H15N3O. The highest BCUT2D eigenvalue weighted by Crippen LogP contribution is 2.18. The van der Waals surface area contributed by atoms with Crippen LogP contribution in [0.2, 0.25) is 0 Å². The number of hydrogen-bond acceptors (Lipinski definition) is 4. The number of benzene rings is 1. The van der Waals surface area contributed by atoms with E-state index in [9.17, 15) is 0 Å². The largest absolute Gasteiger partial charge is 0.444 e. The minimum atomic E-state index is 0.590. The molecule has 0 saturated carbocycles. The van der Waals surface area contributed by atoms with Gasteiger partial charge in [-0.15, -0.1) is 0 Å². The van der Waals surface area contributed by atoms with Crippen LogP contribution in [0.15, 0.2) is 59.2 Å². The predicted octanol–water partition coefficient (Wildman–Crippen LogP) is 3.66. The molecule has 0 unspecified atom stereocenters. The van der Waals surface area contributed by atoms with Crippen LogP contribution in [0.5, 0.6) is 0 Å². The van der Waals surface area contributed by atoms with Crippen molar-refractivity contribution >= 4 is 5.82 Å². The fourth-order valence-electron chi connectivity index (χ4n) is 1.92. The lowest BCUT2D eigenvalue weighted by atomic mass is 10.2. The highest BCUT2D eigenvalue weighted by atomic mass is 16.3. The molecule has 3 aromatic rings. The van der Waals surface area contributed by atoms with Crippen molar-refractivity contribution < 1.29 is 4.42 Å². The van der Waals surface area contributed by atoms with Crippen LogP contribution in [0.3, 0.4) is 0 Å². The van der Waals surface area contributed by atoms with E-state index in [1.54, 1.807) is 6.26 Å². The summed E-state index contributed by atoms with van der Waals surface area (Å²) in [6.07, 6.45) is 1.67. The highest BCUT2D eigenvalue weighted by molar-refractivity contribution is 5.52. The molecule has 0 amide bonds. The number of aromatic nitrogens is 2. The van der Waals surface area contributed by atoms with Gasteiger partial charge in [0.2, 0.25) is 5.89 Å². The van der Waals surface area contributed by atoms with Gasteiger partial charge in [0.25, 0.3) is 0 Å². The minimum absolute atomic E-state index is 0.590. The number of anilines is 1. The minimum Gasteiger partial charge on any atom is -0.444 e. The van der Waals surface area contributed by atoms with Gasteiger partial charge in [-0.1, -0.05) is 24.3 Å². The molecule has 0 radical (unpaired) electrons. The molecule has 1 N–H and O–H groups in total. The van der Waals surface area contributed by atoms with E-state index in [0.29, 0.717) is 12.4 Å². The van der Waals surface area contributed by atoms with Gasteiger partial charge in [-0.05, 0) is 31.2 Å². The van der Waals surface area contributed by atoms with Crippen LogP contribution >= 0.6 is 0 Å². The first-order valence-electron chi connectivity index (χ1n) is 6.48. The predicted molar refractivity (Wildman–Crippen MR) is 78.2 cm³/mol. The zero-order valence-corrected chi connectivity index (χ0v) is 11.2. The van der Waals surface area contributed by atoms with E-state index in [-0.39, 0.29) is 0 Å². The molecule has 2 heterocycles. The number of nitrogens with zero attached hydrogens (tertiary/aromatic N) is 2. The molecule has 100 valence electrons. The lowest BCUT2D eigenvalue weighted by molar-refractivity contribution is 0.573. The zero-order valence-electron chi connectivity index (χ0n) is 11.2. The summed E-state index contributed by atoms with van der Waals surface area (Å²) in [6.45, 7) is 2.56. The monoisotopic (exact) mass is 265 g/mol. The molecule has 0 aliphatic carbocycles. The number of nitrogens with one attached hydrogen (secondary N) is 1. The maximum atomic E-state index is 5.49. The lowest BCUT2D eigenvalue weighted by Gasteiger charge is -2.03. The van der Waals surface area contributed by atoms with Crippen molar-refractivity contribution in [1.29, 1.82) is 0 Å². The van der Waals surface area contributed by atoms with Gasteiger partial charge in [0.1, 0.15) is 12.1 Å². The van der Waals surface area contributed by atoms with E-state index in [1.165, 1.54) is 0 Å². The summed E-state index contributed by atoms with van der Waals surface area (Å²) >= 11 is 0. The van der Waals surface area contributed by atoms with Gasteiger partial charge < -0.3 is 9.73 Å². The van der Waals surface area contributed by atoms with E-state index in [2.05, 4.69) is 15.3 Å². The van der Waals surface area contributed by atoms with E-state index in [0.717, 1.165) is 22.8 Å². The molecular weight excluding hydrogens is 250 g/mol. The molecule has 0 bridgehead atoms. The summed E-state index contributed by atoms with van der Waals surface area (Å²) in [5, 5.41) is 3.23. The van der Waals surface area contributed by atoms with Gasteiger partial charge in [-0.25, -0.2) is 9.97 Å². The van der Waals surface area contributed by atoms with E-state index >= 15 is 0 Å². The Morgan fingerprint density at radius 2 is 1.85 bits per heavy atom. The highest BCUT2D eigenvalue weighted by Gasteiger charge is 2.06. The summed E-state index contributed by atoms with van der Waals surface area (Å²) in [4.78, 5) is 8.84. The smallest absolute Gasteiger partial charge is 0.226 e. The van der Waals surface area contributed by atoms with Gasteiger partial charge in [-0.3, -0.25) is 0 Å². The molecule has 0 atom stereocenters. The van der Waals surface area contributed by atoms with Crippen LogP contribution in [0.4, 0.5) is 5.82 Å². The number of oxazole rings is 1. The first kappa shape index (κ1) is 12.4. The van der Waals surface area contributed by atoms with Crippen molar-refractivity contribution in [1.82, 2.24) is 9.97 Å². The van der Waals surface area contributed by atoms with Gasteiger partial charge in [0, 0.05) is 11.3 Å². The number of pyridine rings is 1. The molecule has 0 aliphatic heterocycles. The number of hydrogen-bond donors (Lipinski definition) is 1. The molecule has 0 aliphatic rings. The van der Waals surface area contributed by atoms with Gasteiger partial charge in [-0.2, -0.15) is 0 Å². The molecule has 3 rings (SSSR count). The van der Waals surface area contributed by atoms with Gasteiger partial charge >= 0.3 is 0 Å². The van der Waals surface area contributed by atoms with Crippen molar-refractivity contribution in [3.63, 3.8) is 0 Å². The van der Waals surface area contributed by atoms with Crippen LogP contribution in [0.25, 0.3) is 11.5 Å². The third kappa shape index (κ3) is 2.85. The second-order valence-corrected chi connectivity index (χ2v) is 4.53. The van der Waals surface area contributed by atoms with Crippen LogP contribution in [0, 0.1) is 6.92 Å². The van der Waals surface area contributed by atoms with Crippen molar-refractivity contribution in [2.24, 2.45) is 0 Å². The van der Waals surface area contributed by atoms with Gasteiger partial charge in [0.05, 0.1) is 12.2 Å². The molecule has 4 nitrogen and oxygen atoms in total. The SMILES string of the molecule is Cc1cccc(NCc2coc(-c3ccccc3)n2)n1. The summed E-state index contributed by atoms with van der Waals surface area (Å²) < 4.78 is 5.49. The fourth-order valence-corrected chi connectivity index (χ4v) is 1.92. The first-order chi connectivity index (χ1) is 9.81.